The number of aromatic hydroxyl groups is 1. The summed E-state index contributed by atoms with van der Waals surface area (Å²) in [6.07, 6.45) is 0. The first-order valence-corrected chi connectivity index (χ1v) is 6.58. The van der Waals surface area contributed by atoms with Gasteiger partial charge in [-0.15, -0.1) is 0 Å². The second kappa shape index (κ2) is 5.92. The van der Waals surface area contributed by atoms with Crippen LogP contribution in [0.15, 0.2) is 40.9 Å². The van der Waals surface area contributed by atoms with Crippen molar-refractivity contribution in [2.24, 2.45) is 0 Å². The van der Waals surface area contributed by atoms with Gasteiger partial charge in [0.2, 0.25) is 0 Å². The van der Waals surface area contributed by atoms with Crippen LogP contribution < -0.4 is 10.6 Å². The molecule has 104 valence electrons. The van der Waals surface area contributed by atoms with Gasteiger partial charge in [0, 0.05) is 10.2 Å². The van der Waals surface area contributed by atoms with E-state index in [-0.39, 0.29) is 5.69 Å². The third-order valence-corrected chi connectivity index (χ3v) is 3.13. The van der Waals surface area contributed by atoms with Gasteiger partial charge in [0.25, 0.3) is 0 Å². The minimum absolute atomic E-state index is 0.0111. The van der Waals surface area contributed by atoms with Crippen LogP contribution in [0.25, 0.3) is 0 Å². The standard InChI is InChI=1S/C14H12BrFN2O2/c1-8-4-2-3-5-11(8)17-14(20)18-12-7-9(15)6-10(16)13(12)19/h2-7,19H,1H3,(H2,17,18,20). The van der Waals surface area contributed by atoms with E-state index in [9.17, 15) is 14.3 Å². The summed E-state index contributed by atoms with van der Waals surface area (Å²) in [4.78, 5) is 11.8. The second-order valence-electron chi connectivity index (χ2n) is 4.18. The summed E-state index contributed by atoms with van der Waals surface area (Å²) in [6.45, 7) is 1.85. The van der Waals surface area contributed by atoms with Gasteiger partial charge < -0.3 is 15.7 Å². The summed E-state index contributed by atoms with van der Waals surface area (Å²) in [6, 6.07) is 9.21. The van der Waals surface area contributed by atoms with E-state index in [2.05, 4.69) is 26.6 Å². The molecule has 0 aromatic heterocycles. The number of urea groups is 1. The number of rotatable bonds is 2. The molecule has 0 unspecified atom stereocenters. The van der Waals surface area contributed by atoms with Gasteiger partial charge in [-0.3, -0.25) is 0 Å². The number of hydrogen-bond donors (Lipinski definition) is 3. The molecule has 2 aromatic rings. The highest BCUT2D eigenvalue weighted by Gasteiger charge is 2.12. The fourth-order valence-corrected chi connectivity index (χ4v) is 2.08. The van der Waals surface area contributed by atoms with Crippen molar-refractivity contribution in [2.45, 2.75) is 6.92 Å². The van der Waals surface area contributed by atoms with Gasteiger partial charge >= 0.3 is 6.03 Å². The predicted molar refractivity (Wildman–Crippen MR) is 79.6 cm³/mol. The predicted octanol–water partition coefficient (Wildman–Crippen LogP) is 4.25. The number of aryl methyl sites for hydroxylation is 1. The number of phenols is 1. The summed E-state index contributed by atoms with van der Waals surface area (Å²) in [5, 5.41) is 14.6. The number of hydrogen-bond acceptors (Lipinski definition) is 2. The smallest absolute Gasteiger partial charge is 0.323 e. The van der Waals surface area contributed by atoms with E-state index in [1.807, 2.05) is 19.1 Å². The zero-order chi connectivity index (χ0) is 14.7. The SMILES string of the molecule is Cc1ccccc1NC(=O)Nc1cc(Br)cc(F)c1O. The van der Waals surface area contributed by atoms with Crippen LogP contribution in [-0.2, 0) is 0 Å². The highest BCUT2D eigenvalue weighted by Crippen LogP contribution is 2.30. The van der Waals surface area contributed by atoms with Crippen LogP contribution in [0.1, 0.15) is 5.56 Å². The van der Waals surface area contributed by atoms with Crippen LogP contribution in [-0.4, -0.2) is 11.1 Å². The molecular weight excluding hydrogens is 327 g/mol. The number of para-hydroxylation sites is 1. The molecule has 2 rings (SSSR count). The topological polar surface area (TPSA) is 61.4 Å². The Hall–Kier alpha value is -2.08. The lowest BCUT2D eigenvalue weighted by Crippen LogP contribution is -2.20. The summed E-state index contributed by atoms with van der Waals surface area (Å²) < 4.78 is 13.7. The Kier molecular flexibility index (Phi) is 4.24. The van der Waals surface area contributed by atoms with E-state index in [4.69, 9.17) is 0 Å². The van der Waals surface area contributed by atoms with Crippen LogP contribution in [0.2, 0.25) is 0 Å². The Morgan fingerprint density at radius 2 is 1.85 bits per heavy atom. The number of carbonyl (C=O) groups excluding carboxylic acids is 1. The Morgan fingerprint density at radius 3 is 2.55 bits per heavy atom. The molecule has 0 aliphatic carbocycles. The molecular formula is C14H12BrFN2O2. The Bertz CT molecular complexity index is 662. The van der Waals surface area contributed by atoms with Crippen molar-refractivity contribution in [2.75, 3.05) is 10.6 Å². The fourth-order valence-electron chi connectivity index (χ4n) is 1.65. The number of carbonyl (C=O) groups is 1. The summed E-state index contributed by atoms with van der Waals surface area (Å²) >= 11 is 3.09. The minimum atomic E-state index is -0.814. The molecule has 20 heavy (non-hydrogen) atoms. The van der Waals surface area contributed by atoms with Crippen molar-refractivity contribution in [3.63, 3.8) is 0 Å². The van der Waals surface area contributed by atoms with E-state index in [0.717, 1.165) is 11.6 Å². The van der Waals surface area contributed by atoms with Crippen molar-refractivity contribution < 1.29 is 14.3 Å². The fraction of sp³-hybridized carbons (Fsp3) is 0.0714. The number of phenolic OH excluding ortho intramolecular Hbond substituents is 1. The molecule has 0 radical (unpaired) electrons. The van der Waals surface area contributed by atoms with E-state index in [1.54, 1.807) is 12.1 Å². The molecule has 6 heteroatoms. The first-order valence-electron chi connectivity index (χ1n) is 5.79. The molecule has 0 heterocycles. The second-order valence-corrected chi connectivity index (χ2v) is 5.09. The largest absolute Gasteiger partial charge is 0.503 e. The first-order chi connectivity index (χ1) is 9.47. The van der Waals surface area contributed by atoms with Gasteiger partial charge in [-0.05, 0) is 30.7 Å². The maximum Gasteiger partial charge on any atom is 0.323 e. The molecule has 2 aromatic carbocycles. The van der Waals surface area contributed by atoms with E-state index in [0.29, 0.717) is 10.2 Å². The molecule has 0 saturated heterocycles. The van der Waals surface area contributed by atoms with Gasteiger partial charge in [-0.1, -0.05) is 34.1 Å². The van der Waals surface area contributed by atoms with Crippen molar-refractivity contribution >= 4 is 33.3 Å². The zero-order valence-electron chi connectivity index (χ0n) is 10.6. The Labute approximate surface area is 123 Å². The van der Waals surface area contributed by atoms with Crippen molar-refractivity contribution in [3.8, 4) is 5.75 Å². The molecule has 0 atom stereocenters. The molecule has 3 N–H and O–H groups in total. The van der Waals surface area contributed by atoms with Crippen LogP contribution in [0.5, 0.6) is 5.75 Å². The zero-order valence-corrected chi connectivity index (χ0v) is 12.2. The first kappa shape index (κ1) is 14.3. The number of benzene rings is 2. The van der Waals surface area contributed by atoms with E-state index in [1.165, 1.54) is 6.07 Å². The average molecular weight is 339 g/mol. The van der Waals surface area contributed by atoms with E-state index >= 15 is 0 Å². The highest BCUT2D eigenvalue weighted by atomic mass is 79.9. The molecule has 0 bridgehead atoms. The number of nitrogens with one attached hydrogen (secondary N) is 2. The lowest BCUT2D eigenvalue weighted by molar-refractivity contribution is 0.262. The maximum atomic E-state index is 13.3. The van der Waals surface area contributed by atoms with Crippen LogP contribution in [0, 0.1) is 12.7 Å². The normalized spacial score (nSPS) is 10.2. The molecule has 0 aliphatic heterocycles. The summed E-state index contributed by atoms with van der Waals surface area (Å²) in [5.74, 6) is -1.42. The van der Waals surface area contributed by atoms with E-state index < -0.39 is 17.6 Å². The Balaban J connectivity index is 2.15. The molecule has 0 spiro atoms. The van der Waals surface area contributed by atoms with Gasteiger partial charge in [0.05, 0.1) is 5.69 Å². The highest BCUT2D eigenvalue weighted by molar-refractivity contribution is 9.10. The summed E-state index contributed by atoms with van der Waals surface area (Å²) in [7, 11) is 0. The minimum Gasteiger partial charge on any atom is -0.503 e. The van der Waals surface area contributed by atoms with Crippen LogP contribution in [0.3, 0.4) is 0 Å². The van der Waals surface area contributed by atoms with Gasteiger partial charge in [0.15, 0.2) is 11.6 Å². The number of anilines is 2. The van der Waals surface area contributed by atoms with Gasteiger partial charge in [-0.25, -0.2) is 9.18 Å². The molecule has 2 amide bonds. The summed E-state index contributed by atoms with van der Waals surface area (Å²) in [5.41, 5.74) is 1.52. The average Bonchev–Trinajstić information content (AvgIpc) is 2.38. The van der Waals surface area contributed by atoms with Crippen molar-refractivity contribution in [3.05, 3.63) is 52.3 Å². The third kappa shape index (κ3) is 3.27. The number of amides is 2. The molecule has 0 saturated carbocycles. The van der Waals surface area contributed by atoms with Gasteiger partial charge in [0.1, 0.15) is 0 Å². The quantitative estimate of drug-likeness (QED) is 0.717. The molecule has 4 nitrogen and oxygen atoms in total. The third-order valence-electron chi connectivity index (χ3n) is 2.67. The molecule has 0 aliphatic rings. The van der Waals surface area contributed by atoms with Crippen molar-refractivity contribution in [1.82, 2.24) is 0 Å². The maximum absolute atomic E-state index is 13.3. The van der Waals surface area contributed by atoms with Crippen LogP contribution >= 0.6 is 15.9 Å². The molecule has 0 fully saturated rings. The Morgan fingerprint density at radius 1 is 1.20 bits per heavy atom. The van der Waals surface area contributed by atoms with Crippen molar-refractivity contribution in [1.29, 1.82) is 0 Å². The monoisotopic (exact) mass is 338 g/mol. The number of halogens is 2. The lowest BCUT2D eigenvalue weighted by atomic mass is 10.2. The van der Waals surface area contributed by atoms with Gasteiger partial charge in [-0.2, -0.15) is 0 Å². The lowest BCUT2D eigenvalue weighted by Gasteiger charge is -2.11. The van der Waals surface area contributed by atoms with Crippen LogP contribution in [0.4, 0.5) is 20.6 Å².